The average Bonchev–Trinajstić information content (AvgIpc) is 2.54. The van der Waals surface area contributed by atoms with Crippen LogP contribution in [0.5, 0.6) is 5.75 Å². The highest BCUT2D eigenvalue weighted by Gasteiger charge is 2.21. The van der Waals surface area contributed by atoms with Crippen molar-refractivity contribution in [2.75, 3.05) is 5.75 Å². The lowest BCUT2D eigenvalue weighted by Gasteiger charge is -2.18. The SMILES string of the molecule is C=C(C)C(=O)OC(CCCCC)CCS(=O)(=O)c1ccc(O)c(C)c1. The number of aryl methyl sites for hydroxylation is 1. The van der Waals surface area contributed by atoms with Crippen molar-refractivity contribution in [3.63, 3.8) is 0 Å². The number of phenolic OH excluding ortho intramolecular Hbond substituents is 1. The molecule has 0 spiro atoms. The Bertz CT molecular complexity index is 707. The summed E-state index contributed by atoms with van der Waals surface area (Å²) in [5, 5.41) is 9.54. The van der Waals surface area contributed by atoms with Crippen LogP contribution in [0, 0.1) is 6.92 Å². The molecule has 5 nitrogen and oxygen atoms in total. The topological polar surface area (TPSA) is 80.7 Å². The minimum Gasteiger partial charge on any atom is -0.508 e. The molecule has 6 heteroatoms. The number of phenols is 1. The number of sulfone groups is 1. The molecule has 0 saturated heterocycles. The number of hydrogen-bond acceptors (Lipinski definition) is 5. The molecule has 0 fully saturated rings. The summed E-state index contributed by atoms with van der Waals surface area (Å²) in [6, 6.07) is 4.22. The first kappa shape index (κ1) is 21.2. The van der Waals surface area contributed by atoms with Gasteiger partial charge in [-0.05, 0) is 56.9 Å². The Morgan fingerprint density at radius 2 is 1.96 bits per heavy atom. The Morgan fingerprint density at radius 3 is 2.52 bits per heavy atom. The van der Waals surface area contributed by atoms with E-state index in [9.17, 15) is 18.3 Å². The van der Waals surface area contributed by atoms with Gasteiger partial charge in [-0.1, -0.05) is 26.3 Å². The maximum atomic E-state index is 12.5. The lowest BCUT2D eigenvalue weighted by atomic mass is 10.1. The predicted octanol–water partition coefficient (Wildman–Crippen LogP) is 3.93. The largest absolute Gasteiger partial charge is 0.508 e. The van der Waals surface area contributed by atoms with Gasteiger partial charge in [0.2, 0.25) is 0 Å². The number of benzene rings is 1. The number of rotatable bonds is 10. The zero-order valence-corrected chi connectivity index (χ0v) is 16.1. The monoisotopic (exact) mass is 368 g/mol. The quantitative estimate of drug-likeness (QED) is 0.384. The van der Waals surface area contributed by atoms with Gasteiger partial charge in [0.1, 0.15) is 11.9 Å². The first-order valence-electron chi connectivity index (χ1n) is 8.56. The van der Waals surface area contributed by atoms with Crippen molar-refractivity contribution < 1.29 is 23.1 Å². The molecule has 1 aromatic rings. The smallest absolute Gasteiger partial charge is 0.333 e. The summed E-state index contributed by atoms with van der Waals surface area (Å²) in [6.07, 6.45) is 3.35. The zero-order chi connectivity index (χ0) is 19.0. The van der Waals surface area contributed by atoms with Crippen molar-refractivity contribution in [3.8, 4) is 5.75 Å². The van der Waals surface area contributed by atoms with E-state index in [0.717, 1.165) is 19.3 Å². The predicted molar refractivity (Wildman–Crippen MR) is 98.3 cm³/mol. The molecule has 0 aliphatic rings. The molecule has 1 rings (SSSR count). The molecule has 0 aliphatic carbocycles. The van der Waals surface area contributed by atoms with Crippen LogP contribution in [0.1, 0.15) is 51.5 Å². The fourth-order valence-electron chi connectivity index (χ4n) is 2.36. The first-order valence-corrected chi connectivity index (χ1v) is 10.2. The van der Waals surface area contributed by atoms with E-state index in [4.69, 9.17) is 4.74 Å². The number of hydrogen-bond donors (Lipinski definition) is 1. The highest BCUT2D eigenvalue weighted by Crippen LogP contribution is 2.22. The van der Waals surface area contributed by atoms with Crippen molar-refractivity contribution in [1.29, 1.82) is 0 Å². The van der Waals surface area contributed by atoms with Gasteiger partial charge >= 0.3 is 5.97 Å². The van der Waals surface area contributed by atoms with Crippen molar-refractivity contribution in [2.24, 2.45) is 0 Å². The number of ether oxygens (including phenoxy) is 1. The Balaban J connectivity index is 2.79. The molecule has 1 unspecified atom stereocenters. The van der Waals surface area contributed by atoms with Crippen LogP contribution in [-0.2, 0) is 19.4 Å². The highest BCUT2D eigenvalue weighted by molar-refractivity contribution is 7.91. The first-order chi connectivity index (χ1) is 11.7. The number of unbranched alkanes of at least 4 members (excludes halogenated alkanes) is 2. The summed E-state index contributed by atoms with van der Waals surface area (Å²) in [6.45, 7) is 8.86. The van der Waals surface area contributed by atoms with Crippen LogP contribution >= 0.6 is 0 Å². The van der Waals surface area contributed by atoms with Crippen LogP contribution in [0.25, 0.3) is 0 Å². The maximum Gasteiger partial charge on any atom is 0.333 e. The Hall–Kier alpha value is -1.82. The zero-order valence-electron chi connectivity index (χ0n) is 15.2. The highest BCUT2D eigenvalue weighted by atomic mass is 32.2. The third-order valence-corrected chi connectivity index (χ3v) is 5.73. The maximum absolute atomic E-state index is 12.5. The molecular weight excluding hydrogens is 340 g/mol. The molecule has 140 valence electrons. The van der Waals surface area contributed by atoms with E-state index in [1.807, 2.05) is 0 Å². The van der Waals surface area contributed by atoms with Gasteiger partial charge in [0.05, 0.1) is 10.6 Å². The lowest BCUT2D eigenvalue weighted by molar-refractivity contribution is -0.144. The minimum absolute atomic E-state index is 0.0618. The molecule has 25 heavy (non-hydrogen) atoms. The standard InChI is InChI=1S/C19H28O5S/c1-5-6-7-8-16(24-19(21)14(2)3)11-12-25(22,23)17-9-10-18(20)15(4)13-17/h9-10,13,16,20H,2,5-8,11-12H2,1,3-4H3. The Kier molecular flexibility index (Phi) is 8.16. The normalized spacial score (nSPS) is 12.6. The van der Waals surface area contributed by atoms with E-state index in [-0.39, 0.29) is 22.8 Å². The summed E-state index contributed by atoms with van der Waals surface area (Å²) in [5.74, 6) is -0.538. The molecule has 0 radical (unpaired) electrons. The van der Waals surface area contributed by atoms with Crippen LogP contribution < -0.4 is 0 Å². The number of esters is 1. The number of carbonyl (C=O) groups excluding carboxylic acids is 1. The van der Waals surface area contributed by atoms with Gasteiger partial charge in [0.25, 0.3) is 0 Å². The van der Waals surface area contributed by atoms with E-state index in [2.05, 4.69) is 13.5 Å². The second kappa shape index (κ2) is 9.61. The van der Waals surface area contributed by atoms with E-state index >= 15 is 0 Å². The average molecular weight is 368 g/mol. The van der Waals surface area contributed by atoms with Gasteiger partial charge in [-0.15, -0.1) is 0 Å². The van der Waals surface area contributed by atoms with Crippen LogP contribution in [0.15, 0.2) is 35.2 Å². The van der Waals surface area contributed by atoms with E-state index in [0.29, 0.717) is 17.6 Å². The van der Waals surface area contributed by atoms with Crippen molar-refractivity contribution in [1.82, 2.24) is 0 Å². The number of carbonyl (C=O) groups is 1. The fourth-order valence-corrected chi connectivity index (χ4v) is 3.80. The molecular formula is C19H28O5S. The van der Waals surface area contributed by atoms with Gasteiger partial charge in [-0.25, -0.2) is 13.2 Å². The van der Waals surface area contributed by atoms with Gasteiger partial charge in [0, 0.05) is 5.57 Å². The summed E-state index contributed by atoms with van der Waals surface area (Å²) in [5.41, 5.74) is 0.812. The number of aromatic hydroxyl groups is 1. The summed E-state index contributed by atoms with van der Waals surface area (Å²) >= 11 is 0. The van der Waals surface area contributed by atoms with Gasteiger partial charge in [0.15, 0.2) is 9.84 Å². The fraction of sp³-hybridized carbons (Fsp3) is 0.526. The van der Waals surface area contributed by atoms with Gasteiger partial charge < -0.3 is 9.84 Å². The third kappa shape index (κ3) is 6.90. The Labute approximate surface area is 150 Å². The second-order valence-electron chi connectivity index (χ2n) is 6.36. The molecule has 1 atom stereocenters. The Morgan fingerprint density at radius 1 is 1.28 bits per heavy atom. The summed E-state index contributed by atoms with van der Waals surface area (Å²) < 4.78 is 30.4. The molecule has 1 aromatic carbocycles. The minimum atomic E-state index is -3.51. The lowest BCUT2D eigenvalue weighted by Crippen LogP contribution is -2.22. The molecule has 0 aliphatic heterocycles. The van der Waals surface area contributed by atoms with Crippen molar-refractivity contribution in [3.05, 3.63) is 35.9 Å². The van der Waals surface area contributed by atoms with Gasteiger partial charge in [-0.2, -0.15) is 0 Å². The van der Waals surface area contributed by atoms with Crippen molar-refractivity contribution >= 4 is 15.8 Å². The molecule has 0 heterocycles. The summed E-state index contributed by atoms with van der Waals surface area (Å²) in [7, 11) is -3.51. The third-order valence-electron chi connectivity index (χ3n) is 3.99. The van der Waals surface area contributed by atoms with Crippen LogP contribution in [0.4, 0.5) is 0 Å². The molecule has 0 saturated carbocycles. The van der Waals surface area contributed by atoms with Gasteiger partial charge in [-0.3, -0.25) is 0 Å². The van der Waals surface area contributed by atoms with Crippen LogP contribution in [-0.4, -0.2) is 31.4 Å². The molecule has 0 bridgehead atoms. The van der Waals surface area contributed by atoms with E-state index in [1.165, 1.54) is 18.2 Å². The second-order valence-corrected chi connectivity index (χ2v) is 8.47. The molecule has 0 aromatic heterocycles. The van der Waals surface area contributed by atoms with E-state index in [1.54, 1.807) is 13.8 Å². The van der Waals surface area contributed by atoms with Crippen LogP contribution in [0.3, 0.4) is 0 Å². The molecule has 1 N–H and O–H groups in total. The van der Waals surface area contributed by atoms with E-state index < -0.39 is 21.9 Å². The van der Waals surface area contributed by atoms with Crippen LogP contribution in [0.2, 0.25) is 0 Å². The summed E-state index contributed by atoms with van der Waals surface area (Å²) in [4.78, 5) is 11.9. The molecule has 0 amide bonds. The van der Waals surface area contributed by atoms with Crippen molar-refractivity contribution in [2.45, 2.75) is 63.9 Å².